The van der Waals surface area contributed by atoms with Crippen LogP contribution in [0.15, 0.2) is 12.7 Å². The molecule has 5 heteroatoms. The lowest BCUT2D eigenvalue weighted by atomic mass is 10.2. The number of nitrogens with one attached hydrogen (secondary N) is 2. The maximum atomic E-state index is 11.4. The molecule has 0 radical (unpaired) electrons. The monoisotopic (exact) mass is 228 g/mol. The molecule has 1 atom stereocenters. The van der Waals surface area contributed by atoms with Gasteiger partial charge in [-0.05, 0) is 27.7 Å². The molecule has 0 aromatic rings. The zero-order valence-electron chi connectivity index (χ0n) is 10.3. The maximum absolute atomic E-state index is 11.4. The Balaban J connectivity index is 4.04. The maximum Gasteiger partial charge on any atom is 0.408 e. The van der Waals surface area contributed by atoms with E-state index in [9.17, 15) is 9.59 Å². The summed E-state index contributed by atoms with van der Waals surface area (Å²) >= 11 is 0. The first-order valence-electron chi connectivity index (χ1n) is 5.14. The van der Waals surface area contributed by atoms with Crippen LogP contribution in [0.25, 0.3) is 0 Å². The van der Waals surface area contributed by atoms with E-state index in [-0.39, 0.29) is 5.91 Å². The molecule has 0 aromatic heterocycles. The summed E-state index contributed by atoms with van der Waals surface area (Å²) in [4.78, 5) is 22.7. The molecule has 0 heterocycles. The number of hydrogen-bond acceptors (Lipinski definition) is 3. The van der Waals surface area contributed by atoms with Crippen LogP contribution in [0.2, 0.25) is 0 Å². The Morgan fingerprint density at radius 2 is 2.00 bits per heavy atom. The highest BCUT2D eigenvalue weighted by molar-refractivity contribution is 5.85. The molecule has 0 spiro atoms. The Hall–Kier alpha value is -1.52. The smallest absolute Gasteiger partial charge is 0.408 e. The number of carbonyl (C=O) groups excluding carboxylic acids is 2. The SMILES string of the molecule is C=CCNC(=O)[C@H](C)NC(=O)OC(C)(C)C. The lowest BCUT2D eigenvalue weighted by molar-refractivity contribution is -0.122. The predicted octanol–water partition coefficient (Wildman–Crippen LogP) is 1.20. The zero-order chi connectivity index (χ0) is 12.8. The fourth-order valence-corrected chi connectivity index (χ4v) is 0.876. The zero-order valence-corrected chi connectivity index (χ0v) is 10.3. The number of hydrogen-bond donors (Lipinski definition) is 2. The van der Waals surface area contributed by atoms with Crippen molar-refractivity contribution < 1.29 is 14.3 Å². The largest absolute Gasteiger partial charge is 0.444 e. The second-order valence-corrected chi connectivity index (χ2v) is 4.40. The van der Waals surface area contributed by atoms with Gasteiger partial charge < -0.3 is 15.4 Å². The third-order valence-electron chi connectivity index (χ3n) is 1.55. The van der Waals surface area contributed by atoms with Gasteiger partial charge in [0.15, 0.2) is 0 Å². The van der Waals surface area contributed by atoms with Crippen LogP contribution in [0.4, 0.5) is 4.79 Å². The molecular weight excluding hydrogens is 208 g/mol. The van der Waals surface area contributed by atoms with Gasteiger partial charge in [-0.2, -0.15) is 0 Å². The second kappa shape index (κ2) is 6.15. The Morgan fingerprint density at radius 3 is 2.44 bits per heavy atom. The van der Waals surface area contributed by atoms with Crippen LogP contribution >= 0.6 is 0 Å². The summed E-state index contributed by atoms with van der Waals surface area (Å²) < 4.78 is 5.01. The van der Waals surface area contributed by atoms with Gasteiger partial charge in [-0.1, -0.05) is 6.08 Å². The summed E-state index contributed by atoms with van der Waals surface area (Å²) in [6, 6.07) is -0.630. The molecular formula is C11H20N2O3. The van der Waals surface area contributed by atoms with Crippen molar-refractivity contribution in [2.24, 2.45) is 0 Å². The number of amides is 2. The van der Waals surface area contributed by atoms with Crippen molar-refractivity contribution in [2.75, 3.05) is 6.54 Å². The molecule has 0 rings (SSSR count). The molecule has 0 aromatic carbocycles. The van der Waals surface area contributed by atoms with Gasteiger partial charge in [-0.3, -0.25) is 4.79 Å². The first-order chi connectivity index (χ1) is 7.26. The van der Waals surface area contributed by atoms with Gasteiger partial charge in [0, 0.05) is 6.54 Å². The highest BCUT2D eigenvalue weighted by Crippen LogP contribution is 2.06. The summed E-state index contributed by atoms with van der Waals surface area (Å²) in [6.45, 7) is 10.7. The van der Waals surface area contributed by atoms with E-state index in [1.807, 2.05) is 0 Å². The van der Waals surface area contributed by atoms with Gasteiger partial charge in [0.05, 0.1) is 0 Å². The summed E-state index contributed by atoms with van der Waals surface area (Å²) in [5.41, 5.74) is -0.568. The molecule has 0 aliphatic carbocycles. The van der Waals surface area contributed by atoms with Crippen molar-refractivity contribution in [1.29, 1.82) is 0 Å². The van der Waals surface area contributed by atoms with Crippen molar-refractivity contribution in [1.82, 2.24) is 10.6 Å². The summed E-state index contributed by atoms with van der Waals surface area (Å²) in [7, 11) is 0. The average molecular weight is 228 g/mol. The van der Waals surface area contributed by atoms with Crippen molar-refractivity contribution in [3.05, 3.63) is 12.7 Å². The molecule has 5 nitrogen and oxygen atoms in total. The van der Waals surface area contributed by atoms with E-state index >= 15 is 0 Å². The molecule has 0 fully saturated rings. The number of rotatable bonds is 4. The minimum absolute atomic E-state index is 0.272. The summed E-state index contributed by atoms with van der Waals surface area (Å²) in [5, 5.41) is 5.01. The fourth-order valence-electron chi connectivity index (χ4n) is 0.876. The Kier molecular flexibility index (Phi) is 5.56. The van der Waals surface area contributed by atoms with Crippen molar-refractivity contribution in [3.63, 3.8) is 0 Å². The van der Waals surface area contributed by atoms with E-state index in [4.69, 9.17) is 4.74 Å². The average Bonchev–Trinajstić information content (AvgIpc) is 2.10. The highest BCUT2D eigenvalue weighted by Gasteiger charge is 2.20. The molecule has 0 aliphatic heterocycles. The van der Waals surface area contributed by atoms with E-state index in [0.717, 1.165) is 0 Å². The fraction of sp³-hybridized carbons (Fsp3) is 0.636. The van der Waals surface area contributed by atoms with E-state index in [2.05, 4.69) is 17.2 Å². The van der Waals surface area contributed by atoms with Crippen LogP contribution in [0.5, 0.6) is 0 Å². The first kappa shape index (κ1) is 14.5. The molecule has 0 unspecified atom stereocenters. The second-order valence-electron chi connectivity index (χ2n) is 4.40. The van der Waals surface area contributed by atoms with Crippen LogP contribution in [0, 0.1) is 0 Å². The Bertz CT molecular complexity index is 269. The van der Waals surface area contributed by atoms with Gasteiger partial charge >= 0.3 is 6.09 Å². The van der Waals surface area contributed by atoms with Gasteiger partial charge in [0.2, 0.25) is 5.91 Å². The van der Waals surface area contributed by atoms with Crippen molar-refractivity contribution in [3.8, 4) is 0 Å². The van der Waals surface area contributed by atoms with E-state index in [1.165, 1.54) is 0 Å². The molecule has 2 amide bonds. The third-order valence-corrected chi connectivity index (χ3v) is 1.55. The van der Waals surface area contributed by atoms with Gasteiger partial charge in [0.25, 0.3) is 0 Å². The molecule has 0 bridgehead atoms. The number of alkyl carbamates (subject to hydrolysis) is 1. The molecule has 0 saturated heterocycles. The van der Waals surface area contributed by atoms with Crippen molar-refractivity contribution >= 4 is 12.0 Å². The molecule has 0 saturated carbocycles. The van der Waals surface area contributed by atoms with Crippen LogP contribution in [0.1, 0.15) is 27.7 Å². The topological polar surface area (TPSA) is 67.4 Å². The third kappa shape index (κ3) is 6.86. The lowest BCUT2D eigenvalue weighted by Gasteiger charge is -2.21. The quantitative estimate of drug-likeness (QED) is 0.710. The van der Waals surface area contributed by atoms with Crippen LogP contribution in [-0.4, -0.2) is 30.2 Å². The predicted molar refractivity (Wildman–Crippen MR) is 62.0 cm³/mol. The van der Waals surface area contributed by atoms with Gasteiger partial charge in [-0.15, -0.1) is 6.58 Å². The summed E-state index contributed by atoms with van der Waals surface area (Å²) in [6.07, 6.45) is 0.965. The van der Waals surface area contributed by atoms with Crippen LogP contribution < -0.4 is 10.6 Å². The lowest BCUT2D eigenvalue weighted by Crippen LogP contribution is -2.46. The van der Waals surface area contributed by atoms with E-state index < -0.39 is 17.7 Å². The Labute approximate surface area is 96.2 Å². The normalized spacial score (nSPS) is 12.5. The minimum Gasteiger partial charge on any atom is -0.444 e. The van der Waals surface area contributed by atoms with Crippen LogP contribution in [0.3, 0.4) is 0 Å². The van der Waals surface area contributed by atoms with E-state index in [1.54, 1.807) is 33.8 Å². The number of carbonyl (C=O) groups is 2. The molecule has 2 N–H and O–H groups in total. The van der Waals surface area contributed by atoms with E-state index in [0.29, 0.717) is 6.54 Å². The first-order valence-corrected chi connectivity index (χ1v) is 5.14. The Morgan fingerprint density at radius 1 is 1.44 bits per heavy atom. The minimum atomic E-state index is -0.630. The standard InChI is InChI=1S/C11H20N2O3/c1-6-7-12-9(14)8(2)13-10(15)16-11(3,4)5/h6,8H,1,7H2,2-5H3,(H,12,14)(H,13,15)/t8-/m0/s1. The van der Waals surface area contributed by atoms with Gasteiger partial charge in [0.1, 0.15) is 11.6 Å². The van der Waals surface area contributed by atoms with Gasteiger partial charge in [-0.25, -0.2) is 4.79 Å². The molecule has 92 valence electrons. The molecule has 0 aliphatic rings. The molecule has 16 heavy (non-hydrogen) atoms. The number of ether oxygens (including phenoxy) is 1. The highest BCUT2D eigenvalue weighted by atomic mass is 16.6. The van der Waals surface area contributed by atoms with Crippen molar-refractivity contribution in [2.45, 2.75) is 39.3 Å². The van der Waals surface area contributed by atoms with Crippen LogP contribution in [-0.2, 0) is 9.53 Å². The summed E-state index contributed by atoms with van der Waals surface area (Å²) in [5.74, 6) is -0.272.